The number of fused-ring (bicyclic) bond motifs is 1. The number of aromatic nitrogens is 4. The van der Waals surface area contributed by atoms with Crippen molar-refractivity contribution in [3.8, 4) is 17.0 Å². The summed E-state index contributed by atoms with van der Waals surface area (Å²) in [5.74, 6) is 0.719. The molecule has 1 aromatic carbocycles. The monoisotopic (exact) mass is 516 g/mol. The summed E-state index contributed by atoms with van der Waals surface area (Å²) in [4.78, 5) is 8.28. The van der Waals surface area contributed by atoms with Crippen LogP contribution in [0.1, 0.15) is 49.6 Å². The van der Waals surface area contributed by atoms with Crippen molar-refractivity contribution in [2.75, 3.05) is 6.61 Å². The molecule has 6 nitrogen and oxygen atoms in total. The van der Waals surface area contributed by atoms with Crippen LogP contribution >= 0.6 is 34.8 Å². The summed E-state index contributed by atoms with van der Waals surface area (Å²) < 4.78 is 14.4. The van der Waals surface area contributed by atoms with Gasteiger partial charge in [-0.1, -0.05) is 34.8 Å². The van der Waals surface area contributed by atoms with Crippen LogP contribution in [0.4, 0.5) is 0 Å². The Kier molecular flexibility index (Phi) is 6.67. The molecule has 9 heteroatoms. The second kappa shape index (κ2) is 9.70. The van der Waals surface area contributed by atoms with Crippen LogP contribution in [0, 0.1) is 6.92 Å². The van der Waals surface area contributed by atoms with Gasteiger partial charge in [-0.25, -0.2) is 9.67 Å². The largest absolute Gasteiger partial charge is 0.486 e. The highest BCUT2D eigenvalue weighted by Crippen LogP contribution is 2.39. The van der Waals surface area contributed by atoms with Crippen molar-refractivity contribution >= 4 is 45.7 Å². The normalized spacial score (nSPS) is 17.1. The zero-order chi connectivity index (χ0) is 23.8. The van der Waals surface area contributed by atoms with E-state index >= 15 is 0 Å². The first-order valence-corrected chi connectivity index (χ1v) is 12.3. The van der Waals surface area contributed by atoms with Crippen LogP contribution in [-0.4, -0.2) is 26.4 Å². The maximum atomic E-state index is 6.36. The first kappa shape index (κ1) is 23.4. The minimum atomic E-state index is -0.378. The molecule has 0 saturated carbocycles. The second-order valence-corrected chi connectivity index (χ2v) is 9.60. The molecule has 2 atom stereocenters. The quantitative estimate of drug-likeness (QED) is 0.255. The van der Waals surface area contributed by atoms with E-state index in [4.69, 9.17) is 49.4 Å². The number of benzene rings is 1. The summed E-state index contributed by atoms with van der Waals surface area (Å²) in [5.41, 5.74) is 4.32. The van der Waals surface area contributed by atoms with Crippen LogP contribution in [0.3, 0.4) is 0 Å². The van der Waals surface area contributed by atoms with E-state index in [0.29, 0.717) is 20.8 Å². The molecule has 0 spiro atoms. The van der Waals surface area contributed by atoms with Crippen LogP contribution in [0.25, 0.3) is 22.2 Å². The molecule has 4 heterocycles. The highest BCUT2D eigenvalue weighted by atomic mass is 35.5. The lowest BCUT2D eigenvalue weighted by Crippen LogP contribution is -2.19. The predicted molar refractivity (Wildman–Crippen MR) is 135 cm³/mol. The van der Waals surface area contributed by atoms with E-state index in [9.17, 15) is 0 Å². The maximum absolute atomic E-state index is 6.36. The van der Waals surface area contributed by atoms with Crippen molar-refractivity contribution in [3.05, 3.63) is 69.2 Å². The Morgan fingerprint density at radius 1 is 1.09 bits per heavy atom. The number of pyridine rings is 2. The minimum absolute atomic E-state index is 0.107. The topological polar surface area (TPSA) is 62.1 Å². The van der Waals surface area contributed by atoms with Crippen molar-refractivity contribution in [1.29, 1.82) is 0 Å². The van der Waals surface area contributed by atoms with Crippen molar-refractivity contribution in [3.63, 3.8) is 0 Å². The molecule has 3 aromatic heterocycles. The second-order valence-electron chi connectivity index (χ2n) is 8.40. The molecular formula is C25H23Cl3N4O2. The number of nitrogens with zero attached hydrogens (tertiary/aromatic N) is 4. The Labute approximate surface area is 212 Å². The molecule has 1 unspecified atom stereocenters. The van der Waals surface area contributed by atoms with Crippen LogP contribution < -0.4 is 4.74 Å². The van der Waals surface area contributed by atoms with Gasteiger partial charge in [-0.05, 0) is 62.9 Å². The van der Waals surface area contributed by atoms with E-state index in [1.54, 1.807) is 24.7 Å². The molecule has 0 radical (unpaired) electrons. The summed E-state index contributed by atoms with van der Waals surface area (Å²) >= 11 is 18.8. The zero-order valence-electron chi connectivity index (χ0n) is 18.8. The molecule has 4 aromatic rings. The smallest absolute Gasteiger partial charge is 0.150 e. The van der Waals surface area contributed by atoms with E-state index in [-0.39, 0.29) is 12.3 Å². The molecule has 1 fully saturated rings. The van der Waals surface area contributed by atoms with Crippen LogP contribution in [0.5, 0.6) is 5.75 Å². The molecule has 1 aliphatic rings. The van der Waals surface area contributed by atoms with Gasteiger partial charge in [0.15, 0.2) is 6.23 Å². The van der Waals surface area contributed by atoms with Gasteiger partial charge in [-0.3, -0.25) is 4.98 Å². The zero-order valence-corrected chi connectivity index (χ0v) is 21.0. The van der Waals surface area contributed by atoms with Gasteiger partial charge >= 0.3 is 0 Å². The Morgan fingerprint density at radius 3 is 2.56 bits per heavy atom. The lowest BCUT2D eigenvalue weighted by atomic mass is 10.1. The van der Waals surface area contributed by atoms with Gasteiger partial charge in [0.25, 0.3) is 0 Å². The molecule has 1 saturated heterocycles. The first-order chi connectivity index (χ1) is 16.4. The van der Waals surface area contributed by atoms with E-state index in [2.05, 4.69) is 16.0 Å². The van der Waals surface area contributed by atoms with Crippen molar-refractivity contribution in [2.45, 2.75) is 45.4 Å². The highest BCUT2D eigenvalue weighted by Gasteiger charge is 2.24. The number of ether oxygens (including phenoxy) is 2. The van der Waals surface area contributed by atoms with Crippen molar-refractivity contribution < 1.29 is 9.47 Å². The van der Waals surface area contributed by atoms with Gasteiger partial charge in [0, 0.05) is 41.7 Å². The van der Waals surface area contributed by atoms with E-state index in [1.807, 2.05) is 30.7 Å². The molecule has 0 amide bonds. The number of halogens is 3. The molecular weight excluding hydrogens is 495 g/mol. The SMILES string of the molecule is Cc1cc2c(cc1O[C@H](C)c1c(Cl)cncc1Cl)c(-c1ccc(Cl)nc1)nn2C1CCCCO1. The molecule has 34 heavy (non-hydrogen) atoms. The molecule has 0 bridgehead atoms. The van der Waals surface area contributed by atoms with Gasteiger partial charge < -0.3 is 9.47 Å². The summed E-state index contributed by atoms with van der Waals surface area (Å²) in [6.07, 6.45) is 7.48. The predicted octanol–water partition coefficient (Wildman–Crippen LogP) is 7.60. The van der Waals surface area contributed by atoms with Gasteiger partial charge in [0.1, 0.15) is 22.7 Å². The van der Waals surface area contributed by atoms with Gasteiger partial charge in [0.2, 0.25) is 0 Å². The first-order valence-electron chi connectivity index (χ1n) is 11.1. The number of aryl methyl sites for hydroxylation is 1. The number of hydrogen-bond acceptors (Lipinski definition) is 5. The lowest BCUT2D eigenvalue weighted by molar-refractivity contribution is -0.0365. The average Bonchev–Trinajstić information content (AvgIpc) is 3.18. The summed E-state index contributed by atoms with van der Waals surface area (Å²) in [6.45, 7) is 4.66. The lowest BCUT2D eigenvalue weighted by Gasteiger charge is -2.24. The highest BCUT2D eigenvalue weighted by molar-refractivity contribution is 6.35. The standard InChI is InChI=1S/C25H23Cl3N4O2/c1-14-9-20-17(10-21(14)34-15(2)24-18(26)12-29-13-19(24)27)25(16-6-7-22(28)30-11-16)31-32(20)23-5-3-4-8-33-23/h6-7,9-13,15,23H,3-5,8H2,1-2H3/t15-,23?/m1/s1. The van der Waals surface area contributed by atoms with Crippen LogP contribution in [0.15, 0.2) is 42.9 Å². The summed E-state index contributed by atoms with van der Waals surface area (Å²) in [6, 6.07) is 7.79. The molecule has 0 aliphatic carbocycles. The van der Waals surface area contributed by atoms with Crippen molar-refractivity contribution in [2.24, 2.45) is 0 Å². The minimum Gasteiger partial charge on any atom is -0.486 e. The third kappa shape index (κ3) is 4.48. The average molecular weight is 518 g/mol. The fourth-order valence-corrected chi connectivity index (χ4v) is 5.10. The molecule has 176 valence electrons. The summed E-state index contributed by atoms with van der Waals surface area (Å²) in [5, 5.41) is 7.27. The van der Waals surface area contributed by atoms with Gasteiger partial charge in [0.05, 0.1) is 15.6 Å². The Morgan fingerprint density at radius 2 is 1.88 bits per heavy atom. The van der Waals surface area contributed by atoms with Crippen molar-refractivity contribution in [1.82, 2.24) is 19.7 Å². The Bertz CT molecular complexity index is 1310. The Balaban J connectivity index is 1.61. The van der Waals surface area contributed by atoms with E-state index in [0.717, 1.165) is 59.3 Å². The van der Waals surface area contributed by atoms with E-state index in [1.165, 1.54) is 0 Å². The Hall–Kier alpha value is -2.38. The number of hydrogen-bond donors (Lipinski definition) is 0. The van der Waals surface area contributed by atoms with Crippen LogP contribution in [0.2, 0.25) is 15.2 Å². The fourth-order valence-electron chi connectivity index (χ4n) is 4.32. The van der Waals surface area contributed by atoms with Crippen LogP contribution in [-0.2, 0) is 4.74 Å². The fraction of sp³-hybridized carbons (Fsp3) is 0.320. The summed E-state index contributed by atoms with van der Waals surface area (Å²) in [7, 11) is 0. The maximum Gasteiger partial charge on any atom is 0.150 e. The molecule has 0 N–H and O–H groups in total. The number of rotatable bonds is 5. The molecule has 5 rings (SSSR count). The molecule has 1 aliphatic heterocycles. The van der Waals surface area contributed by atoms with E-state index < -0.39 is 0 Å². The van der Waals surface area contributed by atoms with Gasteiger partial charge in [-0.15, -0.1) is 0 Å². The van der Waals surface area contributed by atoms with Gasteiger partial charge in [-0.2, -0.15) is 5.10 Å². The third-order valence-corrected chi connectivity index (χ3v) is 6.86. The third-order valence-electron chi connectivity index (χ3n) is 6.03.